The summed E-state index contributed by atoms with van der Waals surface area (Å²) >= 11 is 3.66. The lowest BCUT2D eigenvalue weighted by molar-refractivity contribution is -0.140. The Bertz CT molecular complexity index is 972. The number of alkyl halides is 1. The van der Waals surface area contributed by atoms with Crippen LogP contribution in [0.1, 0.15) is 43.2 Å². The second kappa shape index (κ2) is 9.95. The number of amides is 3. The van der Waals surface area contributed by atoms with Crippen LogP contribution < -0.4 is 10.6 Å². The number of hydrogen-bond donors (Lipinski definition) is 3. The average molecular weight is 536 g/mol. The van der Waals surface area contributed by atoms with Crippen molar-refractivity contribution in [2.45, 2.75) is 68.5 Å². The van der Waals surface area contributed by atoms with Gasteiger partial charge in [0.1, 0.15) is 11.6 Å². The van der Waals surface area contributed by atoms with Gasteiger partial charge in [0.15, 0.2) is 0 Å². The Balaban J connectivity index is 1.66. The lowest BCUT2D eigenvalue weighted by Gasteiger charge is -2.34. The minimum Gasteiger partial charge on any atom is -0.396 e. The number of aliphatic hydroxyl groups excluding tert-OH is 1. The number of fused-ring (bicyclic) bond motifs is 1. The molecule has 34 heavy (non-hydrogen) atoms. The van der Waals surface area contributed by atoms with Crippen LogP contribution in [0.5, 0.6) is 0 Å². The maximum absolute atomic E-state index is 13.8. The molecule has 1 aromatic rings. The fourth-order valence-corrected chi connectivity index (χ4v) is 6.90. The third-order valence-electron chi connectivity index (χ3n) is 7.54. The highest BCUT2D eigenvalue weighted by Gasteiger charge is 2.76. The summed E-state index contributed by atoms with van der Waals surface area (Å²) in [5.74, 6) is -2.01. The third-order valence-corrected chi connectivity index (χ3v) is 8.39. The van der Waals surface area contributed by atoms with E-state index in [2.05, 4.69) is 26.6 Å². The number of nitrogens with one attached hydrogen (secondary N) is 2. The Morgan fingerprint density at radius 2 is 1.94 bits per heavy atom. The zero-order valence-electron chi connectivity index (χ0n) is 20.0. The van der Waals surface area contributed by atoms with Crippen LogP contribution in [0, 0.1) is 25.7 Å². The Hall–Kier alpha value is -1.97. The summed E-state index contributed by atoms with van der Waals surface area (Å²) in [6.45, 7) is 4.45. The van der Waals surface area contributed by atoms with Gasteiger partial charge in [-0.2, -0.15) is 0 Å². The maximum atomic E-state index is 13.8. The molecular weight excluding hydrogens is 502 g/mol. The molecule has 6 atom stereocenters. The molecule has 3 amide bonds. The number of carbonyl (C=O) groups is 3. The number of ether oxygens (including phenoxy) is 1. The number of hydrogen-bond acceptors (Lipinski definition) is 5. The number of anilines is 1. The minimum atomic E-state index is -1.04. The van der Waals surface area contributed by atoms with E-state index in [9.17, 15) is 14.4 Å². The monoisotopic (exact) mass is 535 g/mol. The SMILES string of the molecule is CNC(=O)[C@H]1[C@H]2C(=O)N(CCCCCCO)C(C(=O)Nc3cc(C)ccc3C)C23CC(Br)[C@@H]1O3. The summed E-state index contributed by atoms with van der Waals surface area (Å²) in [5, 5.41) is 14.8. The molecule has 9 heteroatoms. The number of rotatable bonds is 9. The van der Waals surface area contributed by atoms with Gasteiger partial charge in [0.05, 0.1) is 17.9 Å². The highest BCUT2D eigenvalue weighted by Crippen LogP contribution is 2.60. The van der Waals surface area contributed by atoms with Gasteiger partial charge in [-0.3, -0.25) is 14.4 Å². The largest absolute Gasteiger partial charge is 0.396 e. The van der Waals surface area contributed by atoms with Gasteiger partial charge in [-0.15, -0.1) is 0 Å². The first-order chi connectivity index (χ1) is 16.2. The van der Waals surface area contributed by atoms with Crippen LogP contribution >= 0.6 is 15.9 Å². The Morgan fingerprint density at radius 1 is 1.21 bits per heavy atom. The highest BCUT2D eigenvalue weighted by molar-refractivity contribution is 9.09. The van der Waals surface area contributed by atoms with Crippen molar-refractivity contribution < 1.29 is 24.2 Å². The van der Waals surface area contributed by atoms with E-state index in [0.717, 1.165) is 24.0 Å². The van der Waals surface area contributed by atoms with Crippen molar-refractivity contribution >= 4 is 39.3 Å². The molecule has 3 fully saturated rings. The van der Waals surface area contributed by atoms with Crippen LogP contribution in [-0.2, 0) is 19.1 Å². The summed E-state index contributed by atoms with van der Waals surface area (Å²) < 4.78 is 6.44. The molecule has 3 aliphatic rings. The first kappa shape index (κ1) is 25.1. The fourth-order valence-electron chi connectivity index (χ4n) is 5.96. The van der Waals surface area contributed by atoms with Crippen LogP contribution in [0.3, 0.4) is 0 Å². The highest BCUT2D eigenvalue weighted by atomic mass is 79.9. The molecule has 3 heterocycles. The van der Waals surface area contributed by atoms with Crippen LogP contribution in [0.4, 0.5) is 5.69 Å². The molecule has 0 radical (unpaired) electrons. The minimum absolute atomic E-state index is 0.112. The standard InChI is InChI=1S/C25H34BrN3O5/c1-14-8-9-15(2)17(12-14)28-23(32)21-25-13-16(26)20(34-25)18(22(31)27-3)19(25)24(33)29(21)10-6-4-5-7-11-30/h8-9,12,16,18-21,30H,4-7,10-11,13H2,1-3H3,(H,27,31)(H,28,32)/t16?,18-,19-,20-,21?,25?/m0/s1. The number of aryl methyl sites for hydroxylation is 2. The van der Waals surface area contributed by atoms with E-state index >= 15 is 0 Å². The molecule has 3 unspecified atom stereocenters. The smallest absolute Gasteiger partial charge is 0.250 e. The molecule has 3 saturated heterocycles. The number of carbonyl (C=O) groups excluding carboxylic acids is 3. The van der Waals surface area contributed by atoms with Gasteiger partial charge in [-0.25, -0.2) is 0 Å². The number of aliphatic hydroxyl groups is 1. The van der Waals surface area contributed by atoms with Crippen LogP contribution in [-0.4, -0.2) is 70.5 Å². The van der Waals surface area contributed by atoms with Crippen molar-refractivity contribution in [1.82, 2.24) is 10.2 Å². The Labute approximate surface area is 208 Å². The molecule has 1 aromatic carbocycles. The molecule has 3 aliphatic heterocycles. The molecule has 2 bridgehead atoms. The molecular formula is C25H34BrN3O5. The third kappa shape index (κ3) is 4.16. The second-order valence-electron chi connectivity index (χ2n) is 9.75. The lowest BCUT2D eigenvalue weighted by Crippen LogP contribution is -2.54. The molecule has 0 aliphatic carbocycles. The van der Waals surface area contributed by atoms with Crippen LogP contribution in [0.2, 0.25) is 0 Å². The predicted molar refractivity (Wildman–Crippen MR) is 132 cm³/mol. The van der Waals surface area contributed by atoms with Crippen molar-refractivity contribution in [3.8, 4) is 0 Å². The van der Waals surface area contributed by atoms with E-state index in [0.29, 0.717) is 31.5 Å². The number of unbranched alkanes of at least 4 members (excludes halogenated alkanes) is 3. The van der Waals surface area contributed by atoms with Gasteiger partial charge < -0.3 is 25.4 Å². The number of likely N-dealkylation sites (tertiary alicyclic amines) is 1. The summed E-state index contributed by atoms with van der Waals surface area (Å²) in [7, 11) is 1.56. The van der Waals surface area contributed by atoms with Crippen molar-refractivity contribution in [2.75, 3.05) is 25.5 Å². The zero-order chi connectivity index (χ0) is 24.6. The van der Waals surface area contributed by atoms with Gasteiger partial charge in [0, 0.05) is 30.7 Å². The van der Waals surface area contributed by atoms with Crippen LogP contribution in [0.25, 0.3) is 0 Å². The Morgan fingerprint density at radius 3 is 2.65 bits per heavy atom. The van der Waals surface area contributed by atoms with E-state index < -0.39 is 29.6 Å². The predicted octanol–water partition coefficient (Wildman–Crippen LogP) is 2.29. The van der Waals surface area contributed by atoms with Crippen molar-refractivity contribution in [3.63, 3.8) is 0 Å². The van der Waals surface area contributed by atoms with E-state index in [4.69, 9.17) is 9.84 Å². The average Bonchev–Trinajstić information content (AvgIpc) is 3.39. The summed E-state index contributed by atoms with van der Waals surface area (Å²) in [4.78, 5) is 41.9. The Kier molecular flexibility index (Phi) is 7.36. The summed E-state index contributed by atoms with van der Waals surface area (Å²) in [6, 6.07) is 5.05. The van der Waals surface area contributed by atoms with Crippen LogP contribution in [0.15, 0.2) is 18.2 Å². The normalized spacial score (nSPS) is 31.6. The maximum Gasteiger partial charge on any atom is 0.250 e. The van der Waals surface area contributed by atoms with E-state index in [-0.39, 0.29) is 29.2 Å². The number of halogens is 1. The van der Waals surface area contributed by atoms with Gasteiger partial charge in [-0.05, 0) is 50.3 Å². The molecule has 3 N–H and O–H groups in total. The molecule has 1 spiro atoms. The van der Waals surface area contributed by atoms with Crippen molar-refractivity contribution in [1.29, 1.82) is 0 Å². The molecule has 4 rings (SSSR count). The number of benzene rings is 1. The van der Waals surface area contributed by atoms with Crippen molar-refractivity contribution in [2.24, 2.45) is 11.8 Å². The zero-order valence-corrected chi connectivity index (χ0v) is 21.6. The van der Waals surface area contributed by atoms with Gasteiger partial charge in [-0.1, -0.05) is 40.9 Å². The second-order valence-corrected chi connectivity index (χ2v) is 10.9. The molecule has 8 nitrogen and oxygen atoms in total. The van der Waals surface area contributed by atoms with Gasteiger partial charge in [0.25, 0.3) is 0 Å². The van der Waals surface area contributed by atoms with Crippen molar-refractivity contribution in [3.05, 3.63) is 29.3 Å². The first-order valence-electron chi connectivity index (χ1n) is 12.1. The van der Waals surface area contributed by atoms with E-state index in [1.807, 2.05) is 32.0 Å². The summed E-state index contributed by atoms with van der Waals surface area (Å²) in [5.41, 5.74) is 1.63. The van der Waals surface area contributed by atoms with Gasteiger partial charge >= 0.3 is 0 Å². The fraction of sp³-hybridized carbons (Fsp3) is 0.640. The molecule has 0 aromatic heterocycles. The molecule has 186 valence electrons. The van der Waals surface area contributed by atoms with Gasteiger partial charge in [0.2, 0.25) is 17.7 Å². The summed E-state index contributed by atoms with van der Waals surface area (Å²) in [6.07, 6.45) is 3.18. The lowest BCUT2D eigenvalue weighted by atomic mass is 9.70. The quantitative estimate of drug-likeness (QED) is 0.332. The first-order valence-corrected chi connectivity index (χ1v) is 13.0. The topological polar surface area (TPSA) is 108 Å². The van der Waals surface area contributed by atoms with E-state index in [1.165, 1.54) is 0 Å². The molecule has 0 saturated carbocycles. The van der Waals surface area contributed by atoms with E-state index in [1.54, 1.807) is 11.9 Å². The number of nitrogens with zero attached hydrogens (tertiary/aromatic N) is 1.